The highest BCUT2D eigenvalue weighted by molar-refractivity contribution is 5.31. The second-order valence-electron chi connectivity index (χ2n) is 4.39. The average Bonchev–Trinajstić information content (AvgIpc) is 2.37. The van der Waals surface area contributed by atoms with E-state index in [0.29, 0.717) is 5.92 Å². The lowest BCUT2D eigenvalue weighted by molar-refractivity contribution is 0.467. The van der Waals surface area contributed by atoms with E-state index in [4.69, 9.17) is 0 Å². The van der Waals surface area contributed by atoms with Crippen LogP contribution in [-0.2, 0) is 0 Å². The van der Waals surface area contributed by atoms with E-state index in [1.165, 1.54) is 11.3 Å². The number of allylic oxidation sites excluding steroid dienone is 7. The lowest BCUT2D eigenvalue weighted by Crippen LogP contribution is -2.19. The van der Waals surface area contributed by atoms with Gasteiger partial charge in [0.15, 0.2) is 0 Å². The summed E-state index contributed by atoms with van der Waals surface area (Å²) < 4.78 is 0. The molecule has 0 N–H and O–H groups in total. The highest BCUT2D eigenvalue weighted by Gasteiger charge is 2.12. The first-order valence-corrected chi connectivity index (χ1v) is 6.21. The summed E-state index contributed by atoms with van der Waals surface area (Å²) in [4.78, 5) is 2.29. The molecule has 17 heavy (non-hydrogen) atoms. The highest BCUT2D eigenvalue weighted by Crippen LogP contribution is 2.24. The average molecular weight is 229 g/mol. The van der Waals surface area contributed by atoms with Gasteiger partial charge in [0.1, 0.15) is 0 Å². The summed E-state index contributed by atoms with van der Waals surface area (Å²) in [6.45, 7) is 9.12. The van der Waals surface area contributed by atoms with Gasteiger partial charge in [0.05, 0.1) is 0 Å². The molecule has 1 aliphatic heterocycles. The van der Waals surface area contributed by atoms with E-state index < -0.39 is 0 Å². The molecule has 92 valence electrons. The van der Waals surface area contributed by atoms with E-state index in [-0.39, 0.29) is 0 Å². The highest BCUT2D eigenvalue weighted by atomic mass is 15.1. The molecule has 0 radical (unpaired) electrons. The molecule has 0 aliphatic carbocycles. The summed E-state index contributed by atoms with van der Waals surface area (Å²) in [5, 5.41) is 0. The fourth-order valence-corrected chi connectivity index (χ4v) is 2.06. The summed E-state index contributed by atoms with van der Waals surface area (Å²) >= 11 is 0. The number of rotatable bonds is 3. The third-order valence-electron chi connectivity index (χ3n) is 3.00. The minimum Gasteiger partial charge on any atom is -0.371 e. The van der Waals surface area contributed by atoms with Crippen LogP contribution in [0.4, 0.5) is 0 Å². The standard InChI is InChI=1S/C16H23N/c1-5-10-15-14(3)12-8-7-9-13-17(4)16(15)11-6-2/h5-9,11-12,14H,1,10,13H2,2-4H3/b9-7-,11-6-,12-8-,16-15-. The Morgan fingerprint density at radius 2 is 2.24 bits per heavy atom. The van der Waals surface area contributed by atoms with Crippen molar-refractivity contribution in [2.45, 2.75) is 20.3 Å². The Morgan fingerprint density at radius 1 is 1.47 bits per heavy atom. The van der Waals surface area contributed by atoms with Gasteiger partial charge in [0.2, 0.25) is 0 Å². The number of hydrogen-bond donors (Lipinski definition) is 0. The molecule has 0 aromatic heterocycles. The van der Waals surface area contributed by atoms with Gasteiger partial charge in [-0.05, 0) is 30.9 Å². The van der Waals surface area contributed by atoms with Crippen LogP contribution >= 0.6 is 0 Å². The van der Waals surface area contributed by atoms with E-state index in [2.05, 4.69) is 68.8 Å². The Balaban J connectivity index is 3.22. The van der Waals surface area contributed by atoms with Gasteiger partial charge in [-0.15, -0.1) is 6.58 Å². The van der Waals surface area contributed by atoms with Gasteiger partial charge >= 0.3 is 0 Å². The SMILES string of the molecule is C=CC/C1=C(\C=C/C)N(C)C/C=C\C=C/C1C. The van der Waals surface area contributed by atoms with Crippen LogP contribution in [0.1, 0.15) is 20.3 Å². The van der Waals surface area contributed by atoms with Crippen LogP contribution in [0.3, 0.4) is 0 Å². The molecule has 0 saturated carbocycles. The van der Waals surface area contributed by atoms with Crippen LogP contribution in [0.5, 0.6) is 0 Å². The van der Waals surface area contributed by atoms with Crippen molar-refractivity contribution < 1.29 is 0 Å². The quantitative estimate of drug-likeness (QED) is 0.659. The first-order valence-electron chi connectivity index (χ1n) is 6.21. The largest absolute Gasteiger partial charge is 0.371 e. The molecule has 0 fully saturated rings. The number of nitrogens with zero attached hydrogens (tertiary/aromatic N) is 1. The normalized spacial score (nSPS) is 29.6. The zero-order valence-corrected chi connectivity index (χ0v) is 11.2. The lowest BCUT2D eigenvalue weighted by atomic mass is 9.94. The maximum atomic E-state index is 3.87. The Bertz CT molecular complexity index is 369. The van der Waals surface area contributed by atoms with Crippen molar-refractivity contribution in [1.82, 2.24) is 4.90 Å². The third-order valence-corrected chi connectivity index (χ3v) is 3.00. The molecule has 0 aromatic rings. The predicted molar refractivity (Wildman–Crippen MR) is 76.7 cm³/mol. The molecular formula is C16H23N. The van der Waals surface area contributed by atoms with Crippen LogP contribution in [0.25, 0.3) is 0 Å². The zero-order valence-electron chi connectivity index (χ0n) is 11.2. The fourth-order valence-electron chi connectivity index (χ4n) is 2.06. The molecular weight excluding hydrogens is 206 g/mol. The van der Waals surface area contributed by atoms with Crippen LogP contribution < -0.4 is 0 Å². The van der Waals surface area contributed by atoms with Crippen molar-refractivity contribution in [2.24, 2.45) is 5.92 Å². The van der Waals surface area contributed by atoms with Crippen molar-refractivity contribution in [3.8, 4) is 0 Å². The Kier molecular flexibility index (Phi) is 5.55. The van der Waals surface area contributed by atoms with Gasteiger partial charge < -0.3 is 4.90 Å². The van der Waals surface area contributed by atoms with Gasteiger partial charge in [-0.1, -0.05) is 43.4 Å². The summed E-state index contributed by atoms with van der Waals surface area (Å²) in [5.41, 5.74) is 2.75. The van der Waals surface area contributed by atoms with Gasteiger partial charge in [0.25, 0.3) is 0 Å². The second kappa shape index (κ2) is 6.95. The lowest BCUT2D eigenvalue weighted by Gasteiger charge is -2.24. The molecule has 0 amide bonds. The summed E-state index contributed by atoms with van der Waals surface area (Å²) in [5.74, 6) is 0.449. The summed E-state index contributed by atoms with van der Waals surface area (Å²) in [6.07, 6.45) is 15.9. The summed E-state index contributed by atoms with van der Waals surface area (Å²) in [6, 6.07) is 0. The third kappa shape index (κ3) is 3.77. The molecule has 0 aromatic carbocycles. The van der Waals surface area contributed by atoms with E-state index >= 15 is 0 Å². The van der Waals surface area contributed by atoms with Crippen molar-refractivity contribution in [1.29, 1.82) is 0 Å². The Morgan fingerprint density at radius 3 is 2.88 bits per heavy atom. The van der Waals surface area contributed by atoms with Gasteiger partial charge in [-0.25, -0.2) is 0 Å². The molecule has 0 spiro atoms. The molecule has 1 heteroatoms. The maximum Gasteiger partial charge on any atom is 0.0364 e. The molecule has 1 aliphatic rings. The Labute approximate surface area is 106 Å². The molecule has 1 unspecified atom stereocenters. The van der Waals surface area contributed by atoms with Gasteiger partial charge in [0, 0.05) is 19.3 Å². The van der Waals surface area contributed by atoms with Crippen LogP contribution in [0.2, 0.25) is 0 Å². The van der Waals surface area contributed by atoms with Crippen molar-refractivity contribution in [3.63, 3.8) is 0 Å². The van der Waals surface area contributed by atoms with E-state index in [0.717, 1.165) is 13.0 Å². The van der Waals surface area contributed by atoms with Crippen LogP contribution in [-0.4, -0.2) is 18.5 Å². The minimum absolute atomic E-state index is 0.449. The Hall–Kier alpha value is -1.50. The van der Waals surface area contributed by atoms with Crippen LogP contribution in [0.15, 0.2) is 60.4 Å². The molecule has 0 bridgehead atoms. The van der Waals surface area contributed by atoms with E-state index in [1.807, 2.05) is 6.08 Å². The molecule has 0 saturated heterocycles. The first kappa shape index (κ1) is 13.6. The smallest absolute Gasteiger partial charge is 0.0364 e. The van der Waals surface area contributed by atoms with Crippen molar-refractivity contribution in [2.75, 3.05) is 13.6 Å². The molecule has 1 atom stereocenters. The second-order valence-corrected chi connectivity index (χ2v) is 4.39. The number of hydrogen-bond acceptors (Lipinski definition) is 1. The van der Waals surface area contributed by atoms with Gasteiger partial charge in [-0.2, -0.15) is 0 Å². The topological polar surface area (TPSA) is 3.24 Å². The van der Waals surface area contributed by atoms with Crippen molar-refractivity contribution in [3.05, 3.63) is 60.4 Å². The number of likely N-dealkylation sites (N-methyl/N-ethyl adjacent to an activating group) is 1. The van der Waals surface area contributed by atoms with E-state index in [1.54, 1.807) is 0 Å². The molecule has 1 rings (SSSR count). The first-order chi connectivity index (χ1) is 8.20. The fraction of sp³-hybridized carbons (Fsp3) is 0.375. The minimum atomic E-state index is 0.449. The summed E-state index contributed by atoms with van der Waals surface area (Å²) in [7, 11) is 2.14. The van der Waals surface area contributed by atoms with Crippen LogP contribution in [0, 0.1) is 5.92 Å². The maximum absolute atomic E-state index is 3.87. The van der Waals surface area contributed by atoms with E-state index in [9.17, 15) is 0 Å². The molecule has 1 nitrogen and oxygen atoms in total. The monoisotopic (exact) mass is 229 g/mol. The molecule has 1 heterocycles. The zero-order chi connectivity index (χ0) is 12.7. The van der Waals surface area contributed by atoms with Crippen molar-refractivity contribution >= 4 is 0 Å². The van der Waals surface area contributed by atoms with Gasteiger partial charge in [-0.3, -0.25) is 0 Å². The predicted octanol–water partition coefficient (Wildman–Crippen LogP) is 4.09.